The van der Waals surface area contributed by atoms with E-state index in [0.717, 1.165) is 43.7 Å². The fraction of sp³-hybridized carbons (Fsp3) is 0.692. The van der Waals surface area contributed by atoms with Gasteiger partial charge in [-0.3, -0.25) is 9.89 Å². The summed E-state index contributed by atoms with van der Waals surface area (Å²) in [6.07, 6.45) is 4.96. The molecule has 1 fully saturated rings. The fourth-order valence-electron chi connectivity index (χ4n) is 2.98. The molecule has 1 amide bonds. The number of amides is 1. The van der Waals surface area contributed by atoms with Crippen molar-refractivity contribution in [2.75, 3.05) is 31.1 Å². The molecule has 6 heteroatoms. The molecule has 3 rings (SSSR count). The predicted octanol–water partition coefficient (Wildman–Crippen LogP) is 0.146. The van der Waals surface area contributed by atoms with Crippen molar-refractivity contribution in [1.82, 2.24) is 15.1 Å². The zero-order valence-corrected chi connectivity index (χ0v) is 11.0. The number of aryl methyl sites for hydroxylation is 1. The van der Waals surface area contributed by atoms with Crippen LogP contribution in [-0.4, -0.2) is 58.4 Å². The number of hydrogen-bond acceptors (Lipinski definition) is 4. The van der Waals surface area contributed by atoms with Crippen LogP contribution in [0, 0.1) is 0 Å². The number of hydrogen-bond donors (Lipinski definition) is 2. The van der Waals surface area contributed by atoms with E-state index in [2.05, 4.69) is 15.1 Å². The van der Waals surface area contributed by atoms with E-state index in [0.29, 0.717) is 19.5 Å². The smallest absolute Gasteiger partial charge is 0.222 e. The van der Waals surface area contributed by atoms with Crippen LogP contribution >= 0.6 is 0 Å². The molecule has 104 valence electrons. The van der Waals surface area contributed by atoms with E-state index in [1.54, 1.807) is 4.90 Å². The van der Waals surface area contributed by atoms with Gasteiger partial charge in [-0.1, -0.05) is 0 Å². The van der Waals surface area contributed by atoms with Crippen LogP contribution in [0.15, 0.2) is 6.20 Å². The fourth-order valence-corrected chi connectivity index (χ4v) is 2.98. The maximum absolute atomic E-state index is 11.5. The number of nitrogens with one attached hydrogen (secondary N) is 1. The Morgan fingerprint density at radius 3 is 2.79 bits per heavy atom. The Kier molecular flexibility index (Phi) is 3.42. The third kappa shape index (κ3) is 2.58. The van der Waals surface area contributed by atoms with E-state index >= 15 is 0 Å². The number of H-pyrrole nitrogens is 1. The molecule has 0 radical (unpaired) electrons. The highest BCUT2D eigenvalue weighted by molar-refractivity contribution is 5.78. The summed E-state index contributed by atoms with van der Waals surface area (Å²) in [5.74, 6) is 0.168. The van der Waals surface area contributed by atoms with E-state index in [-0.39, 0.29) is 5.91 Å². The second-order valence-corrected chi connectivity index (χ2v) is 5.38. The van der Waals surface area contributed by atoms with Gasteiger partial charge in [0.25, 0.3) is 0 Å². The number of fused-ring (bicyclic) bond motifs is 1. The maximum Gasteiger partial charge on any atom is 0.222 e. The van der Waals surface area contributed by atoms with Gasteiger partial charge in [-0.15, -0.1) is 0 Å². The number of aromatic amines is 1. The first-order valence-corrected chi connectivity index (χ1v) is 6.97. The van der Waals surface area contributed by atoms with Crippen molar-refractivity contribution in [3.05, 3.63) is 11.9 Å². The van der Waals surface area contributed by atoms with Gasteiger partial charge in [0, 0.05) is 32.6 Å². The molecule has 1 atom stereocenters. The summed E-state index contributed by atoms with van der Waals surface area (Å²) in [4.78, 5) is 15.5. The van der Waals surface area contributed by atoms with Crippen LogP contribution in [0.25, 0.3) is 0 Å². The average Bonchev–Trinajstić information content (AvgIpc) is 3.00. The Labute approximate surface area is 112 Å². The van der Waals surface area contributed by atoms with Crippen LogP contribution in [-0.2, 0) is 11.2 Å². The molecule has 1 aromatic heterocycles. The van der Waals surface area contributed by atoms with E-state index in [1.165, 1.54) is 0 Å². The Hall–Kier alpha value is -1.56. The number of rotatable bonds is 4. The van der Waals surface area contributed by atoms with E-state index in [4.69, 9.17) is 0 Å². The summed E-state index contributed by atoms with van der Waals surface area (Å²) >= 11 is 0. The maximum atomic E-state index is 11.5. The third-order valence-electron chi connectivity index (χ3n) is 3.92. The van der Waals surface area contributed by atoms with Crippen molar-refractivity contribution in [2.45, 2.75) is 31.8 Å². The first kappa shape index (κ1) is 12.5. The number of aromatic nitrogens is 2. The van der Waals surface area contributed by atoms with Gasteiger partial charge in [0.05, 0.1) is 23.7 Å². The predicted molar refractivity (Wildman–Crippen MR) is 70.9 cm³/mol. The van der Waals surface area contributed by atoms with Crippen molar-refractivity contribution in [2.24, 2.45) is 0 Å². The minimum Gasteiger partial charge on any atom is -0.389 e. The summed E-state index contributed by atoms with van der Waals surface area (Å²) in [6, 6.07) is 0. The molecule has 0 bridgehead atoms. The molecule has 0 aliphatic carbocycles. The van der Waals surface area contributed by atoms with Crippen molar-refractivity contribution >= 4 is 11.6 Å². The Morgan fingerprint density at radius 2 is 2.00 bits per heavy atom. The van der Waals surface area contributed by atoms with Crippen LogP contribution in [0.2, 0.25) is 0 Å². The number of aliphatic hydroxyl groups excluding tert-OH is 1. The molecule has 2 aliphatic heterocycles. The van der Waals surface area contributed by atoms with Crippen molar-refractivity contribution in [3.63, 3.8) is 0 Å². The van der Waals surface area contributed by atoms with E-state index in [9.17, 15) is 9.90 Å². The standard InChI is InChI=1S/C13H20N4O2/c18-10(9-17-6-2-4-13(17)19)8-16-5-1-3-11-12(16)7-14-15-11/h7,10,18H,1-6,8-9H2,(H,14,15)/t10-/m0/s1. The molecule has 1 aromatic rings. The Bertz CT molecular complexity index is 459. The summed E-state index contributed by atoms with van der Waals surface area (Å²) in [7, 11) is 0. The number of likely N-dealkylation sites (tertiary alicyclic amines) is 1. The molecule has 0 aromatic carbocycles. The SMILES string of the molecule is O=C1CCCN1C[C@@H](O)CN1CCCc2[nH]ncc21. The molecule has 2 N–H and O–H groups in total. The van der Waals surface area contributed by atoms with Gasteiger partial charge in [-0.2, -0.15) is 5.10 Å². The zero-order valence-electron chi connectivity index (χ0n) is 11.0. The molecule has 0 unspecified atom stereocenters. The second kappa shape index (κ2) is 5.21. The largest absolute Gasteiger partial charge is 0.389 e. The van der Waals surface area contributed by atoms with Crippen LogP contribution in [0.5, 0.6) is 0 Å². The van der Waals surface area contributed by atoms with Gasteiger partial charge < -0.3 is 14.9 Å². The molecular formula is C13H20N4O2. The molecule has 2 aliphatic rings. The lowest BCUT2D eigenvalue weighted by molar-refractivity contribution is -0.128. The van der Waals surface area contributed by atoms with Crippen LogP contribution in [0.1, 0.15) is 25.0 Å². The molecule has 6 nitrogen and oxygen atoms in total. The Morgan fingerprint density at radius 1 is 1.26 bits per heavy atom. The minimum absolute atomic E-state index is 0.168. The topological polar surface area (TPSA) is 72.5 Å². The number of aliphatic hydroxyl groups is 1. The van der Waals surface area contributed by atoms with Gasteiger partial charge in [0.15, 0.2) is 0 Å². The monoisotopic (exact) mass is 264 g/mol. The van der Waals surface area contributed by atoms with Crippen LogP contribution < -0.4 is 4.90 Å². The normalized spacial score (nSPS) is 20.8. The summed E-state index contributed by atoms with van der Waals surface area (Å²) in [5, 5.41) is 17.2. The molecule has 0 spiro atoms. The first-order valence-electron chi connectivity index (χ1n) is 6.97. The van der Waals surface area contributed by atoms with Gasteiger partial charge >= 0.3 is 0 Å². The minimum atomic E-state index is -0.497. The van der Waals surface area contributed by atoms with Gasteiger partial charge in [-0.05, 0) is 19.3 Å². The zero-order chi connectivity index (χ0) is 13.2. The molecule has 1 saturated heterocycles. The highest BCUT2D eigenvalue weighted by atomic mass is 16.3. The number of carbonyl (C=O) groups is 1. The number of β-amino-alcohol motifs (C(OH)–C–C–N with tert-alkyl or cyclic N) is 1. The lowest BCUT2D eigenvalue weighted by Gasteiger charge is -2.31. The molecule has 3 heterocycles. The van der Waals surface area contributed by atoms with E-state index in [1.807, 2.05) is 6.20 Å². The first-order chi connectivity index (χ1) is 9.24. The van der Waals surface area contributed by atoms with Crippen molar-refractivity contribution < 1.29 is 9.90 Å². The molecular weight excluding hydrogens is 244 g/mol. The second-order valence-electron chi connectivity index (χ2n) is 5.38. The quantitative estimate of drug-likeness (QED) is 0.811. The van der Waals surface area contributed by atoms with Gasteiger partial charge in [0.1, 0.15) is 0 Å². The van der Waals surface area contributed by atoms with Gasteiger partial charge in [0.2, 0.25) is 5.91 Å². The summed E-state index contributed by atoms with van der Waals surface area (Å²) < 4.78 is 0. The van der Waals surface area contributed by atoms with Crippen LogP contribution in [0.4, 0.5) is 5.69 Å². The third-order valence-corrected chi connectivity index (χ3v) is 3.92. The summed E-state index contributed by atoms with van der Waals surface area (Å²) in [6.45, 7) is 2.74. The average molecular weight is 264 g/mol. The Balaban J connectivity index is 1.58. The summed E-state index contributed by atoms with van der Waals surface area (Å²) in [5.41, 5.74) is 2.24. The van der Waals surface area contributed by atoms with E-state index < -0.39 is 6.10 Å². The highest BCUT2D eigenvalue weighted by Crippen LogP contribution is 2.24. The number of carbonyl (C=O) groups excluding carboxylic acids is 1. The number of anilines is 1. The number of nitrogens with zero attached hydrogens (tertiary/aromatic N) is 3. The lowest BCUT2D eigenvalue weighted by Crippen LogP contribution is -2.42. The van der Waals surface area contributed by atoms with Crippen molar-refractivity contribution in [3.8, 4) is 0 Å². The van der Waals surface area contributed by atoms with Crippen molar-refractivity contribution in [1.29, 1.82) is 0 Å². The lowest BCUT2D eigenvalue weighted by atomic mass is 10.1. The van der Waals surface area contributed by atoms with Crippen LogP contribution in [0.3, 0.4) is 0 Å². The molecule has 0 saturated carbocycles. The molecule has 19 heavy (non-hydrogen) atoms. The van der Waals surface area contributed by atoms with Gasteiger partial charge in [-0.25, -0.2) is 0 Å². The highest BCUT2D eigenvalue weighted by Gasteiger charge is 2.25.